The molecule has 2 heterocycles. The highest BCUT2D eigenvalue weighted by molar-refractivity contribution is 9.11. The van der Waals surface area contributed by atoms with E-state index in [-0.39, 0.29) is 5.91 Å². The van der Waals surface area contributed by atoms with Crippen molar-refractivity contribution in [3.05, 3.63) is 42.9 Å². The molecule has 0 aliphatic rings. The van der Waals surface area contributed by atoms with E-state index in [9.17, 15) is 9.59 Å². The predicted molar refractivity (Wildman–Crippen MR) is 96.4 cm³/mol. The van der Waals surface area contributed by atoms with Gasteiger partial charge in [-0.1, -0.05) is 15.9 Å². The summed E-state index contributed by atoms with van der Waals surface area (Å²) in [6.45, 7) is 1.38. The van der Waals surface area contributed by atoms with Gasteiger partial charge in [-0.15, -0.1) is 11.3 Å². The molecule has 23 heavy (non-hydrogen) atoms. The molecule has 0 saturated heterocycles. The monoisotopic (exact) mass is 457 g/mol. The molecule has 0 bridgehead atoms. The first kappa shape index (κ1) is 16.2. The second-order valence-electron chi connectivity index (χ2n) is 4.60. The molecule has 0 aliphatic heterocycles. The number of hydrazine groups is 1. The Kier molecular flexibility index (Phi) is 4.51. The van der Waals surface area contributed by atoms with E-state index in [0.29, 0.717) is 26.4 Å². The number of benzene rings is 1. The van der Waals surface area contributed by atoms with Gasteiger partial charge in [-0.05, 0) is 34.1 Å². The van der Waals surface area contributed by atoms with Gasteiger partial charge in [0.15, 0.2) is 5.58 Å². The highest BCUT2D eigenvalue weighted by Crippen LogP contribution is 2.30. The molecule has 0 aliphatic carbocycles. The Balaban J connectivity index is 2.04. The largest absolute Gasteiger partial charge is 0.421 e. The lowest BCUT2D eigenvalue weighted by molar-refractivity contribution is -0.118. The number of rotatable bonds is 3. The average molecular weight is 459 g/mol. The number of hydrogen-bond donors (Lipinski definition) is 2. The summed E-state index contributed by atoms with van der Waals surface area (Å²) in [7, 11) is 0. The summed E-state index contributed by atoms with van der Waals surface area (Å²) in [6.07, 6.45) is 0. The Labute approximate surface area is 151 Å². The van der Waals surface area contributed by atoms with Gasteiger partial charge in [0.05, 0.1) is 15.7 Å². The molecule has 2 N–H and O–H groups in total. The predicted octanol–water partition coefficient (Wildman–Crippen LogP) is 3.90. The van der Waals surface area contributed by atoms with Crippen molar-refractivity contribution in [2.24, 2.45) is 0 Å². The number of nitrogens with one attached hydrogen (secondary N) is 2. The second-order valence-corrected chi connectivity index (χ2v) is 7.23. The molecule has 118 valence electrons. The molecule has 0 fully saturated rings. The first-order valence-corrected chi connectivity index (χ1v) is 8.82. The van der Waals surface area contributed by atoms with Crippen LogP contribution in [-0.4, -0.2) is 10.9 Å². The summed E-state index contributed by atoms with van der Waals surface area (Å²) < 4.78 is 6.95. The lowest BCUT2D eigenvalue weighted by Crippen LogP contribution is -2.26. The maximum absolute atomic E-state index is 12.2. The third-order valence-corrected chi connectivity index (χ3v) is 4.68. The van der Waals surface area contributed by atoms with E-state index >= 15 is 0 Å². The van der Waals surface area contributed by atoms with E-state index in [1.165, 1.54) is 18.3 Å². The van der Waals surface area contributed by atoms with Crippen molar-refractivity contribution in [1.29, 1.82) is 0 Å². The maximum Gasteiger partial charge on any atom is 0.345 e. The fraction of sp³-hybridized carbons (Fsp3) is 0.0714. The molecule has 0 spiro atoms. The SMILES string of the molecule is CC(=O)NNc1nc(-c2cc3cc(Br)cc(Br)c3oc2=O)cs1. The Morgan fingerprint density at radius 1 is 1.30 bits per heavy atom. The zero-order valence-electron chi connectivity index (χ0n) is 11.6. The Bertz CT molecular complexity index is 968. The van der Waals surface area contributed by atoms with Crippen LogP contribution >= 0.6 is 43.2 Å². The van der Waals surface area contributed by atoms with Crippen LogP contribution < -0.4 is 16.5 Å². The van der Waals surface area contributed by atoms with Crippen molar-refractivity contribution in [3.8, 4) is 11.3 Å². The molecule has 6 nitrogen and oxygen atoms in total. The minimum Gasteiger partial charge on any atom is -0.421 e. The Morgan fingerprint density at radius 3 is 2.83 bits per heavy atom. The number of anilines is 1. The maximum atomic E-state index is 12.2. The second kappa shape index (κ2) is 6.42. The fourth-order valence-electron chi connectivity index (χ4n) is 1.93. The van der Waals surface area contributed by atoms with Crippen LogP contribution in [0.15, 0.2) is 41.7 Å². The third-order valence-electron chi connectivity index (χ3n) is 2.88. The quantitative estimate of drug-likeness (QED) is 0.459. The number of thiazole rings is 1. The van der Waals surface area contributed by atoms with Gasteiger partial charge in [0.2, 0.25) is 11.0 Å². The summed E-state index contributed by atoms with van der Waals surface area (Å²) >= 11 is 8.05. The number of nitrogens with zero attached hydrogens (tertiary/aromatic N) is 1. The number of halogens is 2. The van der Waals surface area contributed by atoms with Gasteiger partial charge in [-0.3, -0.25) is 15.6 Å². The molecular weight excluding hydrogens is 450 g/mol. The zero-order chi connectivity index (χ0) is 16.6. The Morgan fingerprint density at radius 2 is 2.09 bits per heavy atom. The summed E-state index contributed by atoms with van der Waals surface area (Å²) in [4.78, 5) is 27.4. The van der Waals surface area contributed by atoms with Crippen molar-refractivity contribution in [1.82, 2.24) is 10.4 Å². The number of hydrogen-bond acceptors (Lipinski definition) is 6. The standard InChI is InChI=1S/C14H9Br2N3O3S/c1-6(20)18-19-14-17-11(5-23-14)9-3-7-2-8(15)4-10(16)12(7)22-13(9)21/h2-5H,1H3,(H,17,19)(H,18,20). The number of amides is 1. The van der Waals surface area contributed by atoms with Crippen LogP contribution in [-0.2, 0) is 4.79 Å². The Hall–Kier alpha value is -1.71. The van der Waals surface area contributed by atoms with Gasteiger partial charge < -0.3 is 4.42 Å². The van der Waals surface area contributed by atoms with E-state index in [1.54, 1.807) is 11.4 Å². The summed E-state index contributed by atoms with van der Waals surface area (Å²) in [5.74, 6) is -0.235. The van der Waals surface area contributed by atoms with Crippen molar-refractivity contribution in [2.45, 2.75) is 6.92 Å². The summed E-state index contributed by atoms with van der Waals surface area (Å²) in [6, 6.07) is 5.40. The van der Waals surface area contributed by atoms with Gasteiger partial charge >= 0.3 is 5.63 Å². The van der Waals surface area contributed by atoms with E-state index in [4.69, 9.17) is 4.42 Å². The third kappa shape index (κ3) is 3.46. The summed E-state index contributed by atoms with van der Waals surface area (Å²) in [5.41, 5.74) is 5.94. The number of aromatic nitrogens is 1. The van der Waals surface area contributed by atoms with E-state index in [0.717, 1.165) is 9.86 Å². The van der Waals surface area contributed by atoms with Crippen LogP contribution in [0.3, 0.4) is 0 Å². The van der Waals surface area contributed by atoms with Gasteiger partial charge in [0, 0.05) is 22.2 Å². The van der Waals surface area contributed by atoms with Gasteiger partial charge in [0.1, 0.15) is 0 Å². The van der Waals surface area contributed by atoms with Gasteiger partial charge in [0.25, 0.3) is 0 Å². The van der Waals surface area contributed by atoms with E-state index in [1.807, 2.05) is 12.1 Å². The van der Waals surface area contributed by atoms with Crippen LogP contribution in [0.2, 0.25) is 0 Å². The first-order chi connectivity index (χ1) is 10.9. The topological polar surface area (TPSA) is 84.2 Å². The molecule has 1 amide bonds. The fourth-order valence-corrected chi connectivity index (χ4v) is 3.94. The molecule has 1 aromatic carbocycles. The smallest absolute Gasteiger partial charge is 0.345 e. The van der Waals surface area contributed by atoms with E-state index in [2.05, 4.69) is 47.7 Å². The van der Waals surface area contributed by atoms with Crippen molar-refractivity contribution in [3.63, 3.8) is 0 Å². The molecule has 2 aromatic heterocycles. The molecule has 3 rings (SSSR count). The number of carbonyl (C=O) groups excluding carboxylic acids is 1. The van der Waals surface area contributed by atoms with Crippen LogP contribution in [0.4, 0.5) is 5.13 Å². The summed E-state index contributed by atoms with van der Waals surface area (Å²) in [5, 5.41) is 2.96. The van der Waals surface area contributed by atoms with Crippen molar-refractivity contribution < 1.29 is 9.21 Å². The highest BCUT2D eigenvalue weighted by Gasteiger charge is 2.13. The average Bonchev–Trinajstić information content (AvgIpc) is 2.94. The van der Waals surface area contributed by atoms with Crippen LogP contribution in [0, 0.1) is 0 Å². The minimum absolute atomic E-state index is 0.235. The van der Waals surface area contributed by atoms with Crippen LogP contribution in [0.5, 0.6) is 0 Å². The molecule has 0 saturated carbocycles. The molecule has 3 aromatic rings. The lowest BCUT2D eigenvalue weighted by Gasteiger charge is -2.03. The zero-order valence-corrected chi connectivity index (χ0v) is 15.6. The number of fused-ring (bicyclic) bond motifs is 1. The number of carbonyl (C=O) groups is 1. The normalized spacial score (nSPS) is 10.7. The first-order valence-electron chi connectivity index (χ1n) is 6.35. The van der Waals surface area contributed by atoms with E-state index < -0.39 is 5.63 Å². The van der Waals surface area contributed by atoms with Crippen molar-refractivity contribution >= 4 is 65.2 Å². The molecule has 0 unspecified atom stereocenters. The van der Waals surface area contributed by atoms with Crippen LogP contribution in [0.1, 0.15) is 6.92 Å². The molecule has 0 atom stereocenters. The minimum atomic E-state index is -0.475. The van der Waals surface area contributed by atoms with Crippen LogP contribution in [0.25, 0.3) is 22.2 Å². The van der Waals surface area contributed by atoms with Gasteiger partial charge in [-0.2, -0.15) is 0 Å². The molecule has 0 radical (unpaired) electrons. The highest BCUT2D eigenvalue weighted by atomic mass is 79.9. The van der Waals surface area contributed by atoms with Gasteiger partial charge in [-0.25, -0.2) is 9.78 Å². The van der Waals surface area contributed by atoms with Crippen molar-refractivity contribution in [2.75, 3.05) is 5.43 Å². The molecular formula is C14H9Br2N3O3S. The molecule has 9 heteroatoms. The lowest BCUT2D eigenvalue weighted by atomic mass is 10.1.